The van der Waals surface area contributed by atoms with Gasteiger partial charge in [0.05, 0.1) is 0 Å². The van der Waals surface area contributed by atoms with Crippen LogP contribution in [-0.4, -0.2) is 0 Å². The minimum Gasteiger partial charge on any atom is -0.144 e. The van der Waals surface area contributed by atoms with Gasteiger partial charge in [-0.3, -0.25) is 0 Å². The molecule has 15 heavy (non-hydrogen) atoms. The first kappa shape index (κ1) is 14.2. The largest absolute Gasteiger partial charge is 0.144 e. The maximum absolute atomic E-state index is 2.17. The molecule has 0 nitrogen and oxygen atoms in total. The van der Waals surface area contributed by atoms with Crippen molar-refractivity contribution in [2.45, 2.75) is 34.6 Å². The van der Waals surface area contributed by atoms with Gasteiger partial charge in [0.2, 0.25) is 0 Å². The van der Waals surface area contributed by atoms with Crippen molar-refractivity contribution in [2.24, 2.45) is 5.92 Å². The molecule has 2 rings (SSSR count). The van der Waals surface area contributed by atoms with Gasteiger partial charge in [0.25, 0.3) is 0 Å². The summed E-state index contributed by atoms with van der Waals surface area (Å²) in [4.78, 5) is 0. The van der Waals surface area contributed by atoms with Crippen molar-refractivity contribution in [3.05, 3.63) is 35.7 Å². The van der Waals surface area contributed by atoms with E-state index in [9.17, 15) is 0 Å². The number of benzene rings is 1. The Labute approximate surface area is 98.0 Å². The fourth-order valence-electron chi connectivity index (χ4n) is 0.906. The Bertz CT molecular complexity index is 314. The number of hydrogen-bond acceptors (Lipinski definition) is 1. The van der Waals surface area contributed by atoms with Crippen LogP contribution in [0.15, 0.2) is 35.7 Å². The lowest BCUT2D eigenvalue weighted by Crippen LogP contribution is -1.66. The molecule has 2 aromatic rings. The minimum atomic E-state index is 0.833. The molecule has 0 N–H and O–H groups in total. The highest BCUT2D eigenvalue weighted by molar-refractivity contribution is 7.17. The lowest BCUT2D eigenvalue weighted by Gasteiger charge is -1.82. The second kappa shape index (κ2) is 8.49. The summed E-state index contributed by atoms with van der Waals surface area (Å²) in [5.41, 5.74) is 0. The van der Waals surface area contributed by atoms with Gasteiger partial charge >= 0.3 is 0 Å². The average molecular weight is 222 g/mol. The molecule has 0 aliphatic heterocycles. The number of fused-ring (bicyclic) bond motifs is 1. The predicted octanol–water partition coefficient (Wildman–Crippen LogP) is 5.59. The molecule has 1 heteroatoms. The third kappa shape index (κ3) is 6.29. The molecular formula is C14H22S. The van der Waals surface area contributed by atoms with Gasteiger partial charge in [-0.2, -0.15) is 0 Å². The van der Waals surface area contributed by atoms with Gasteiger partial charge < -0.3 is 0 Å². The molecule has 0 amide bonds. The van der Waals surface area contributed by atoms with Crippen molar-refractivity contribution in [3.8, 4) is 0 Å². The van der Waals surface area contributed by atoms with E-state index in [0.717, 1.165) is 5.92 Å². The Hall–Kier alpha value is -0.820. The zero-order valence-electron chi connectivity index (χ0n) is 10.4. The molecule has 0 bridgehead atoms. The van der Waals surface area contributed by atoms with E-state index in [2.05, 4.69) is 56.5 Å². The molecule has 0 spiro atoms. The summed E-state index contributed by atoms with van der Waals surface area (Å²) < 4.78 is 1.37. The van der Waals surface area contributed by atoms with Crippen LogP contribution < -0.4 is 0 Å². The third-order valence-corrected chi connectivity index (χ3v) is 2.26. The van der Waals surface area contributed by atoms with E-state index in [4.69, 9.17) is 0 Å². The molecular weight excluding hydrogens is 200 g/mol. The summed E-state index contributed by atoms with van der Waals surface area (Å²) >= 11 is 1.79. The van der Waals surface area contributed by atoms with Crippen LogP contribution in [0.5, 0.6) is 0 Å². The zero-order valence-corrected chi connectivity index (χ0v) is 11.3. The van der Waals surface area contributed by atoms with E-state index in [1.54, 1.807) is 11.3 Å². The highest BCUT2D eigenvalue weighted by Gasteiger charge is 1.87. The first-order valence-corrected chi connectivity index (χ1v) is 6.50. The standard InChI is InChI=1S/C8H6S.C4H10.C2H6/c1-2-4-8-7(3-1)5-6-9-8;1-4(2)3;1-2/h1-6H;4H,1-3H3;1-2H3. The second-order valence-electron chi connectivity index (χ2n) is 3.69. The van der Waals surface area contributed by atoms with Gasteiger partial charge in [0, 0.05) is 4.70 Å². The monoisotopic (exact) mass is 222 g/mol. The van der Waals surface area contributed by atoms with Crippen LogP contribution in [0.1, 0.15) is 34.6 Å². The molecule has 0 unspecified atom stereocenters. The summed E-state index contributed by atoms with van der Waals surface area (Å²) in [6, 6.07) is 10.5. The fourth-order valence-corrected chi connectivity index (χ4v) is 1.70. The van der Waals surface area contributed by atoms with E-state index >= 15 is 0 Å². The first-order valence-electron chi connectivity index (χ1n) is 5.62. The van der Waals surface area contributed by atoms with E-state index in [1.807, 2.05) is 13.8 Å². The van der Waals surface area contributed by atoms with Crippen LogP contribution in [0.25, 0.3) is 10.1 Å². The normalized spacial score (nSPS) is 8.93. The Morgan fingerprint density at radius 2 is 1.47 bits per heavy atom. The van der Waals surface area contributed by atoms with Crippen LogP contribution >= 0.6 is 11.3 Å². The summed E-state index contributed by atoms with van der Waals surface area (Å²) in [5.74, 6) is 0.833. The Morgan fingerprint density at radius 1 is 0.933 bits per heavy atom. The van der Waals surface area contributed by atoms with E-state index in [0.29, 0.717) is 0 Å². The number of rotatable bonds is 0. The van der Waals surface area contributed by atoms with Gasteiger partial charge in [-0.05, 0) is 28.8 Å². The van der Waals surface area contributed by atoms with E-state index in [-0.39, 0.29) is 0 Å². The van der Waals surface area contributed by atoms with Crippen LogP contribution in [0.2, 0.25) is 0 Å². The molecule has 0 aliphatic rings. The first-order chi connectivity index (χ1) is 7.20. The summed E-state index contributed by atoms with van der Waals surface area (Å²) in [6.45, 7) is 10.5. The number of hydrogen-bond donors (Lipinski definition) is 0. The SMILES string of the molecule is CC.CC(C)C.c1ccc2sccc2c1. The molecule has 0 saturated carbocycles. The highest BCUT2D eigenvalue weighted by Crippen LogP contribution is 2.18. The maximum atomic E-state index is 2.17. The zero-order chi connectivity index (χ0) is 11.7. The Morgan fingerprint density at radius 3 is 2.00 bits per heavy atom. The van der Waals surface area contributed by atoms with Crippen LogP contribution in [0, 0.1) is 5.92 Å². The van der Waals surface area contributed by atoms with Crippen molar-refractivity contribution in [3.63, 3.8) is 0 Å². The molecule has 0 aliphatic carbocycles. The van der Waals surface area contributed by atoms with Gasteiger partial charge in [-0.1, -0.05) is 52.8 Å². The van der Waals surface area contributed by atoms with Gasteiger partial charge in [-0.25, -0.2) is 0 Å². The maximum Gasteiger partial charge on any atom is 0.0342 e. The summed E-state index contributed by atoms with van der Waals surface area (Å²) in [5, 5.41) is 3.47. The topological polar surface area (TPSA) is 0 Å². The highest BCUT2D eigenvalue weighted by atomic mass is 32.1. The lowest BCUT2D eigenvalue weighted by atomic mass is 10.3. The van der Waals surface area contributed by atoms with E-state index < -0.39 is 0 Å². The van der Waals surface area contributed by atoms with Crippen molar-refractivity contribution >= 4 is 21.4 Å². The molecule has 0 fully saturated rings. The molecule has 1 aromatic heterocycles. The van der Waals surface area contributed by atoms with Crippen molar-refractivity contribution in [1.29, 1.82) is 0 Å². The third-order valence-electron chi connectivity index (χ3n) is 1.36. The van der Waals surface area contributed by atoms with Crippen LogP contribution in [-0.2, 0) is 0 Å². The van der Waals surface area contributed by atoms with E-state index in [1.165, 1.54) is 10.1 Å². The fraction of sp³-hybridized carbons (Fsp3) is 0.429. The molecule has 84 valence electrons. The van der Waals surface area contributed by atoms with Crippen molar-refractivity contribution < 1.29 is 0 Å². The number of thiophene rings is 1. The molecule has 1 aromatic carbocycles. The molecule has 0 atom stereocenters. The summed E-state index contributed by atoms with van der Waals surface area (Å²) in [6.07, 6.45) is 0. The van der Waals surface area contributed by atoms with Crippen molar-refractivity contribution in [2.75, 3.05) is 0 Å². The lowest BCUT2D eigenvalue weighted by molar-refractivity contribution is 0.737. The van der Waals surface area contributed by atoms with Crippen LogP contribution in [0.4, 0.5) is 0 Å². The Balaban J connectivity index is 0.000000282. The second-order valence-corrected chi connectivity index (χ2v) is 4.64. The van der Waals surface area contributed by atoms with Crippen LogP contribution in [0.3, 0.4) is 0 Å². The minimum absolute atomic E-state index is 0.833. The summed E-state index contributed by atoms with van der Waals surface area (Å²) in [7, 11) is 0. The molecule has 0 saturated heterocycles. The van der Waals surface area contributed by atoms with Gasteiger partial charge in [0.15, 0.2) is 0 Å². The quantitative estimate of drug-likeness (QED) is 0.545. The van der Waals surface area contributed by atoms with Crippen molar-refractivity contribution in [1.82, 2.24) is 0 Å². The predicted molar refractivity (Wildman–Crippen MR) is 73.7 cm³/mol. The Kier molecular flexibility index (Phi) is 8.02. The smallest absolute Gasteiger partial charge is 0.0342 e. The average Bonchev–Trinajstić information content (AvgIpc) is 2.67. The van der Waals surface area contributed by atoms with Gasteiger partial charge in [-0.15, -0.1) is 11.3 Å². The molecule has 0 radical (unpaired) electrons. The molecule has 1 heterocycles. The van der Waals surface area contributed by atoms with Gasteiger partial charge in [0.1, 0.15) is 0 Å².